The van der Waals surface area contributed by atoms with Crippen molar-refractivity contribution in [3.05, 3.63) is 77.2 Å². The zero-order chi connectivity index (χ0) is 26.5. The summed E-state index contributed by atoms with van der Waals surface area (Å²) in [6.45, 7) is 1.50. The number of rotatable bonds is 6. The van der Waals surface area contributed by atoms with Gasteiger partial charge in [-0.1, -0.05) is 59.9 Å². The number of aliphatic imine (C=N–C) groups is 1. The summed E-state index contributed by atoms with van der Waals surface area (Å²) in [6, 6.07) is 20.9. The number of nitrogens with zero attached hydrogens (tertiary/aromatic N) is 5. The van der Waals surface area contributed by atoms with Gasteiger partial charge in [0.05, 0.1) is 32.1 Å². The number of benzene rings is 2. The lowest BCUT2D eigenvalue weighted by Gasteiger charge is -2.36. The van der Waals surface area contributed by atoms with Gasteiger partial charge in [-0.25, -0.2) is 9.78 Å². The Bertz CT molecular complexity index is 1440. The van der Waals surface area contributed by atoms with Gasteiger partial charge in [0, 0.05) is 23.4 Å². The van der Waals surface area contributed by atoms with Gasteiger partial charge in [-0.05, 0) is 18.2 Å². The second kappa shape index (κ2) is 11.2. The number of para-hydroxylation sites is 1. The quantitative estimate of drug-likeness (QED) is 0.191. The molecule has 5 rings (SSSR count). The molecule has 0 aliphatic carbocycles. The predicted octanol–water partition coefficient (Wildman–Crippen LogP) is 3.61. The van der Waals surface area contributed by atoms with E-state index >= 15 is 0 Å². The second-order valence-corrected chi connectivity index (χ2v) is 9.32. The van der Waals surface area contributed by atoms with E-state index in [2.05, 4.69) is 30.4 Å². The minimum atomic E-state index is -0.512. The van der Waals surface area contributed by atoms with Gasteiger partial charge < -0.3 is 31.2 Å². The van der Waals surface area contributed by atoms with Crippen molar-refractivity contribution < 1.29 is 14.3 Å². The van der Waals surface area contributed by atoms with E-state index in [-0.39, 0.29) is 22.7 Å². The van der Waals surface area contributed by atoms with Gasteiger partial charge in [-0.3, -0.25) is 0 Å². The number of nitrogen functional groups attached to an aromatic ring is 1. The lowest BCUT2D eigenvalue weighted by molar-refractivity contribution is 0.0607. The van der Waals surface area contributed by atoms with Crippen LogP contribution in [0.25, 0.3) is 11.3 Å². The van der Waals surface area contributed by atoms with Crippen molar-refractivity contribution in [2.75, 3.05) is 42.8 Å². The van der Waals surface area contributed by atoms with Crippen LogP contribution in [0.1, 0.15) is 21.3 Å². The van der Waals surface area contributed by atoms with E-state index < -0.39 is 5.97 Å². The van der Waals surface area contributed by atoms with Gasteiger partial charge in [0.25, 0.3) is 0 Å². The summed E-state index contributed by atoms with van der Waals surface area (Å²) in [7, 11) is 1.32. The number of carbonyl (C=O) groups is 1. The van der Waals surface area contributed by atoms with Gasteiger partial charge in [0.15, 0.2) is 27.6 Å². The molecule has 1 saturated heterocycles. The third-order valence-corrected chi connectivity index (χ3v) is 7.01. The molecule has 1 unspecified atom stereocenters. The van der Waals surface area contributed by atoms with Crippen LogP contribution >= 0.6 is 11.3 Å². The molecule has 0 radical (unpaired) electrons. The molecule has 0 bridgehead atoms. The number of thiazole rings is 1. The van der Waals surface area contributed by atoms with Crippen molar-refractivity contribution in [2.24, 2.45) is 10.7 Å². The molecule has 5 N–H and O–H groups in total. The minimum Gasteiger partial charge on any atom is -0.465 e. The number of hydrogen-bond donors (Lipinski definition) is 3. The molecule has 2 aromatic heterocycles. The number of morpholine rings is 1. The van der Waals surface area contributed by atoms with E-state index in [9.17, 15) is 4.79 Å². The normalized spacial score (nSPS) is 15.8. The largest absolute Gasteiger partial charge is 0.465 e. The number of guanidine groups is 1. The van der Waals surface area contributed by atoms with Gasteiger partial charge in [-0.15, -0.1) is 10.2 Å². The van der Waals surface area contributed by atoms with Crippen molar-refractivity contribution in [3.8, 4) is 11.3 Å². The highest BCUT2D eigenvalue weighted by Gasteiger charge is 2.30. The maximum atomic E-state index is 12.1. The molecule has 11 nitrogen and oxygen atoms in total. The first-order chi connectivity index (χ1) is 18.5. The number of carbonyl (C=O) groups excluding carboxylic acids is 1. The standard InChI is InChI=1S/C26H26N8O3S/c1-36-24(35)22-23(27)31-26(38-22)34-13-14-37-15-20(34)17-9-5-6-10-19(17)29-25(28)30-21-12-11-18(32-33-21)16-7-3-2-4-8-16/h2-12,20H,13-15,27H2,1H3,(H3,28,29,30,33). The molecule has 1 aliphatic heterocycles. The van der Waals surface area contributed by atoms with Gasteiger partial charge >= 0.3 is 5.97 Å². The molecule has 0 spiro atoms. The first kappa shape index (κ1) is 25.1. The molecule has 4 aromatic rings. The molecule has 1 atom stereocenters. The van der Waals surface area contributed by atoms with Gasteiger partial charge in [0.1, 0.15) is 0 Å². The molecule has 2 aromatic carbocycles. The van der Waals surface area contributed by atoms with Crippen LogP contribution in [0.2, 0.25) is 0 Å². The van der Waals surface area contributed by atoms with Crippen LogP contribution in [0.4, 0.5) is 22.5 Å². The zero-order valence-corrected chi connectivity index (χ0v) is 21.4. The van der Waals surface area contributed by atoms with Gasteiger partial charge in [-0.2, -0.15) is 4.99 Å². The molecule has 0 saturated carbocycles. The first-order valence-electron chi connectivity index (χ1n) is 11.8. The van der Waals surface area contributed by atoms with Crippen molar-refractivity contribution in [3.63, 3.8) is 0 Å². The Kier molecular flexibility index (Phi) is 7.43. The Hall–Kier alpha value is -4.55. The van der Waals surface area contributed by atoms with E-state index in [1.54, 1.807) is 6.07 Å². The van der Waals surface area contributed by atoms with Crippen LogP contribution in [-0.4, -0.2) is 54.0 Å². The van der Waals surface area contributed by atoms with Crippen LogP contribution in [0.15, 0.2) is 71.7 Å². The summed E-state index contributed by atoms with van der Waals surface area (Å²) in [5.41, 5.74) is 15.6. The third kappa shape index (κ3) is 5.41. The number of methoxy groups -OCH3 is 1. The number of esters is 1. The summed E-state index contributed by atoms with van der Waals surface area (Å²) in [4.78, 5) is 23.2. The predicted molar refractivity (Wildman–Crippen MR) is 148 cm³/mol. The number of nitrogens with one attached hydrogen (secondary N) is 1. The van der Waals surface area contributed by atoms with E-state index in [1.165, 1.54) is 18.4 Å². The van der Waals surface area contributed by atoms with Crippen molar-refractivity contribution in [1.82, 2.24) is 15.2 Å². The topological polar surface area (TPSA) is 154 Å². The van der Waals surface area contributed by atoms with Crippen LogP contribution in [0, 0.1) is 0 Å². The van der Waals surface area contributed by atoms with Crippen LogP contribution in [-0.2, 0) is 9.47 Å². The van der Waals surface area contributed by atoms with Crippen LogP contribution in [0.5, 0.6) is 0 Å². The second-order valence-electron chi connectivity index (χ2n) is 8.34. The Labute approximate surface area is 223 Å². The first-order valence-corrected chi connectivity index (χ1v) is 12.6. The summed E-state index contributed by atoms with van der Waals surface area (Å²) in [5, 5.41) is 12.2. The van der Waals surface area contributed by atoms with Crippen molar-refractivity contribution in [2.45, 2.75) is 6.04 Å². The molecule has 0 amide bonds. The number of hydrogen-bond acceptors (Lipinski definition) is 10. The van der Waals surface area contributed by atoms with Crippen molar-refractivity contribution in [1.29, 1.82) is 0 Å². The van der Waals surface area contributed by atoms with Crippen LogP contribution in [0.3, 0.4) is 0 Å². The number of aromatic nitrogens is 3. The van der Waals surface area contributed by atoms with E-state index in [0.29, 0.717) is 30.7 Å². The Morgan fingerprint density at radius 3 is 2.68 bits per heavy atom. The monoisotopic (exact) mass is 530 g/mol. The average molecular weight is 531 g/mol. The highest BCUT2D eigenvalue weighted by atomic mass is 32.1. The molecule has 1 aliphatic rings. The number of ether oxygens (including phenoxy) is 2. The van der Waals surface area contributed by atoms with Gasteiger partial charge in [0.2, 0.25) is 0 Å². The summed E-state index contributed by atoms with van der Waals surface area (Å²) in [5.74, 6) is 0.170. The molecule has 3 heterocycles. The van der Waals surface area contributed by atoms with E-state index in [4.69, 9.17) is 20.9 Å². The molecule has 12 heteroatoms. The van der Waals surface area contributed by atoms with E-state index in [0.717, 1.165) is 22.5 Å². The maximum Gasteiger partial charge on any atom is 0.351 e. The molecular formula is C26H26N8O3S. The lowest BCUT2D eigenvalue weighted by atomic mass is 10.0. The Morgan fingerprint density at radius 1 is 1.13 bits per heavy atom. The molecular weight excluding hydrogens is 504 g/mol. The average Bonchev–Trinajstić information content (AvgIpc) is 3.35. The zero-order valence-electron chi connectivity index (χ0n) is 20.6. The number of anilines is 3. The van der Waals surface area contributed by atoms with E-state index in [1.807, 2.05) is 60.7 Å². The molecule has 1 fully saturated rings. The fraction of sp³-hybridized carbons (Fsp3) is 0.192. The summed E-state index contributed by atoms with van der Waals surface area (Å²) >= 11 is 1.19. The summed E-state index contributed by atoms with van der Waals surface area (Å²) in [6.07, 6.45) is 0. The highest BCUT2D eigenvalue weighted by Crippen LogP contribution is 2.37. The highest BCUT2D eigenvalue weighted by molar-refractivity contribution is 7.18. The Balaban J connectivity index is 1.38. The fourth-order valence-corrected chi connectivity index (χ4v) is 5.09. The maximum absolute atomic E-state index is 12.1. The van der Waals surface area contributed by atoms with Crippen molar-refractivity contribution >= 4 is 45.7 Å². The minimum absolute atomic E-state index is 0.143. The Morgan fingerprint density at radius 2 is 1.92 bits per heavy atom. The SMILES string of the molecule is COC(=O)c1sc(N2CCOCC2c2ccccc2NC(N)=Nc2ccc(-c3ccccc3)nn2)nc1N. The third-order valence-electron chi connectivity index (χ3n) is 5.92. The fourth-order valence-electron chi connectivity index (χ4n) is 4.11. The lowest BCUT2D eigenvalue weighted by Crippen LogP contribution is -2.40. The molecule has 194 valence electrons. The number of nitrogens with two attached hydrogens (primary N) is 2. The molecule has 38 heavy (non-hydrogen) atoms. The smallest absolute Gasteiger partial charge is 0.351 e. The van der Waals surface area contributed by atoms with Crippen LogP contribution < -0.4 is 21.7 Å². The summed E-state index contributed by atoms with van der Waals surface area (Å²) < 4.78 is 10.6.